The molecule has 0 fully saturated rings. The summed E-state index contributed by atoms with van der Waals surface area (Å²) in [7, 11) is 0. The Hall–Kier alpha value is -1.01. The Morgan fingerprint density at radius 3 is 2.93 bits per heavy atom. The average Bonchev–Trinajstić information content (AvgIpc) is 2.83. The van der Waals surface area contributed by atoms with E-state index in [0.29, 0.717) is 0 Å². The summed E-state index contributed by atoms with van der Waals surface area (Å²) in [6.07, 6.45) is 1.09. The lowest BCUT2D eigenvalue weighted by atomic mass is 10.4. The third kappa shape index (κ3) is 2.32. The number of anilines is 1. The molecule has 0 saturated carbocycles. The van der Waals surface area contributed by atoms with Crippen molar-refractivity contribution >= 4 is 27.8 Å². The highest BCUT2D eigenvalue weighted by Gasteiger charge is 2.10. The molecule has 0 amide bonds. The summed E-state index contributed by atoms with van der Waals surface area (Å²) in [5.41, 5.74) is 2.86. The van der Waals surface area contributed by atoms with Gasteiger partial charge >= 0.3 is 0 Å². The maximum absolute atomic E-state index is 4.20. The summed E-state index contributed by atoms with van der Waals surface area (Å²) in [5.74, 6) is 0. The molecule has 0 aliphatic carbocycles. The SMILES string of the molecule is CCCNc1nnc(-c2scnc2C)s1. The van der Waals surface area contributed by atoms with Gasteiger partial charge in [0.2, 0.25) is 5.13 Å². The van der Waals surface area contributed by atoms with Gasteiger partial charge in [-0.1, -0.05) is 18.3 Å². The molecule has 0 atom stereocenters. The van der Waals surface area contributed by atoms with Gasteiger partial charge in [0, 0.05) is 6.54 Å². The number of rotatable bonds is 4. The summed E-state index contributed by atoms with van der Waals surface area (Å²) in [5, 5.41) is 13.3. The monoisotopic (exact) mass is 240 g/mol. The lowest BCUT2D eigenvalue weighted by molar-refractivity contribution is 0.964. The third-order valence-electron chi connectivity index (χ3n) is 1.89. The van der Waals surface area contributed by atoms with Crippen molar-refractivity contribution in [2.24, 2.45) is 0 Å². The molecule has 0 aromatic carbocycles. The maximum atomic E-state index is 4.20. The first-order valence-electron chi connectivity index (χ1n) is 4.79. The Morgan fingerprint density at radius 1 is 1.40 bits per heavy atom. The van der Waals surface area contributed by atoms with E-state index in [1.54, 1.807) is 22.7 Å². The second-order valence-corrected chi connectivity index (χ2v) is 4.94. The molecule has 6 heteroatoms. The van der Waals surface area contributed by atoms with E-state index in [9.17, 15) is 0 Å². The molecule has 4 nitrogen and oxygen atoms in total. The summed E-state index contributed by atoms with van der Waals surface area (Å²) in [4.78, 5) is 5.32. The second-order valence-electron chi connectivity index (χ2n) is 3.11. The van der Waals surface area contributed by atoms with Crippen LogP contribution in [0.5, 0.6) is 0 Å². The number of hydrogen-bond acceptors (Lipinski definition) is 6. The van der Waals surface area contributed by atoms with Crippen molar-refractivity contribution in [2.75, 3.05) is 11.9 Å². The fourth-order valence-corrected chi connectivity index (χ4v) is 2.84. The third-order valence-corrected chi connectivity index (χ3v) is 3.85. The molecule has 0 saturated heterocycles. The minimum atomic E-state index is 0.889. The molecule has 15 heavy (non-hydrogen) atoms. The van der Waals surface area contributed by atoms with E-state index in [2.05, 4.69) is 27.4 Å². The highest BCUT2D eigenvalue weighted by molar-refractivity contribution is 7.22. The van der Waals surface area contributed by atoms with Gasteiger partial charge in [-0.2, -0.15) is 0 Å². The Balaban J connectivity index is 2.17. The van der Waals surface area contributed by atoms with Crippen LogP contribution in [0.25, 0.3) is 9.88 Å². The van der Waals surface area contributed by atoms with Gasteiger partial charge < -0.3 is 5.32 Å². The Labute approximate surface area is 96.4 Å². The first kappa shape index (κ1) is 10.5. The first-order valence-corrected chi connectivity index (χ1v) is 6.48. The molecule has 0 aliphatic rings. The van der Waals surface area contributed by atoms with Crippen LogP contribution >= 0.6 is 22.7 Å². The minimum Gasteiger partial charge on any atom is -0.360 e. The molecule has 2 aromatic rings. The van der Waals surface area contributed by atoms with Gasteiger partial charge in [-0.25, -0.2) is 4.98 Å². The van der Waals surface area contributed by atoms with Crippen LogP contribution in [0.4, 0.5) is 5.13 Å². The van der Waals surface area contributed by atoms with Crippen LogP contribution in [0.15, 0.2) is 5.51 Å². The van der Waals surface area contributed by atoms with Gasteiger partial charge in [0.25, 0.3) is 0 Å². The zero-order valence-corrected chi connectivity index (χ0v) is 10.3. The predicted molar refractivity (Wildman–Crippen MR) is 64.5 cm³/mol. The molecule has 0 unspecified atom stereocenters. The van der Waals surface area contributed by atoms with Crippen LogP contribution in [0.2, 0.25) is 0 Å². The largest absolute Gasteiger partial charge is 0.360 e. The molecule has 2 aromatic heterocycles. The Morgan fingerprint density at radius 2 is 2.27 bits per heavy atom. The van der Waals surface area contributed by atoms with Crippen LogP contribution in [-0.2, 0) is 0 Å². The molecule has 0 radical (unpaired) electrons. The topological polar surface area (TPSA) is 50.7 Å². The van der Waals surface area contributed by atoms with E-state index in [0.717, 1.165) is 33.7 Å². The molecule has 2 heterocycles. The standard InChI is InChI=1S/C9H12N4S2/c1-3-4-10-9-13-12-8(15-9)7-6(2)11-5-14-7/h5H,3-4H2,1-2H3,(H,10,13). The maximum Gasteiger partial charge on any atom is 0.206 e. The van der Waals surface area contributed by atoms with E-state index >= 15 is 0 Å². The zero-order chi connectivity index (χ0) is 10.7. The number of thiazole rings is 1. The molecular weight excluding hydrogens is 228 g/mol. The van der Waals surface area contributed by atoms with Crippen LogP contribution in [0, 0.1) is 6.92 Å². The summed E-state index contributed by atoms with van der Waals surface area (Å²) < 4.78 is 0. The number of hydrogen-bond donors (Lipinski definition) is 1. The molecule has 1 N–H and O–H groups in total. The average molecular weight is 240 g/mol. The summed E-state index contributed by atoms with van der Waals surface area (Å²) >= 11 is 3.19. The highest BCUT2D eigenvalue weighted by Crippen LogP contribution is 2.31. The molecule has 0 aliphatic heterocycles. The summed E-state index contributed by atoms with van der Waals surface area (Å²) in [6, 6.07) is 0. The number of nitrogens with zero attached hydrogens (tertiary/aromatic N) is 3. The van der Waals surface area contributed by atoms with E-state index < -0.39 is 0 Å². The van der Waals surface area contributed by atoms with Crippen molar-refractivity contribution < 1.29 is 0 Å². The van der Waals surface area contributed by atoms with Gasteiger partial charge in [0.05, 0.1) is 16.1 Å². The quantitative estimate of drug-likeness (QED) is 0.892. The smallest absolute Gasteiger partial charge is 0.206 e. The van der Waals surface area contributed by atoms with E-state index in [4.69, 9.17) is 0 Å². The number of nitrogens with one attached hydrogen (secondary N) is 1. The lowest BCUT2D eigenvalue weighted by Gasteiger charge is -1.95. The summed E-state index contributed by atoms with van der Waals surface area (Å²) in [6.45, 7) is 5.06. The van der Waals surface area contributed by atoms with Crippen molar-refractivity contribution in [3.05, 3.63) is 11.2 Å². The molecular formula is C9H12N4S2. The van der Waals surface area contributed by atoms with Gasteiger partial charge in [-0.15, -0.1) is 21.5 Å². The van der Waals surface area contributed by atoms with Crippen LogP contribution in [-0.4, -0.2) is 21.7 Å². The Kier molecular flexibility index (Phi) is 3.27. The van der Waals surface area contributed by atoms with Crippen molar-refractivity contribution in [1.82, 2.24) is 15.2 Å². The van der Waals surface area contributed by atoms with Gasteiger partial charge in [-0.05, 0) is 13.3 Å². The normalized spacial score (nSPS) is 10.5. The lowest BCUT2D eigenvalue weighted by Crippen LogP contribution is -1.98. The first-order chi connectivity index (χ1) is 7.31. The van der Waals surface area contributed by atoms with Gasteiger partial charge in [-0.3, -0.25) is 0 Å². The zero-order valence-electron chi connectivity index (χ0n) is 8.65. The fraction of sp³-hybridized carbons (Fsp3) is 0.444. The number of aromatic nitrogens is 3. The van der Waals surface area contributed by atoms with Crippen molar-refractivity contribution in [3.8, 4) is 9.88 Å². The molecule has 0 bridgehead atoms. The number of aryl methyl sites for hydroxylation is 1. The van der Waals surface area contributed by atoms with E-state index in [1.165, 1.54) is 0 Å². The molecule has 2 rings (SSSR count). The van der Waals surface area contributed by atoms with Crippen molar-refractivity contribution in [2.45, 2.75) is 20.3 Å². The van der Waals surface area contributed by atoms with Crippen LogP contribution < -0.4 is 5.32 Å². The fourth-order valence-electron chi connectivity index (χ4n) is 1.13. The highest BCUT2D eigenvalue weighted by atomic mass is 32.1. The predicted octanol–water partition coefficient (Wildman–Crippen LogP) is 2.79. The van der Waals surface area contributed by atoms with E-state index in [1.807, 2.05) is 12.4 Å². The van der Waals surface area contributed by atoms with Gasteiger partial charge in [0.15, 0.2) is 5.01 Å². The van der Waals surface area contributed by atoms with Gasteiger partial charge in [0.1, 0.15) is 0 Å². The molecule has 0 spiro atoms. The van der Waals surface area contributed by atoms with Crippen molar-refractivity contribution in [1.29, 1.82) is 0 Å². The molecule has 80 valence electrons. The van der Waals surface area contributed by atoms with E-state index in [-0.39, 0.29) is 0 Å². The van der Waals surface area contributed by atoms with Crippen LogP contribution in [0.3, 0.4) is 0 Å². The van der Waals surface area contributed by atoms with Crippen LogP contribution in [0.1, 0.15) is 19.0 Å². The second kappa shape index (κ2) is 4.67. The Bertz CT molecular complexity index is 435. The van der Waals surface area contributed by atoms with Crippen molar-refractivity contribution in [3.63, 3.8) is 0 Å². The minimum absolute atomic E-state index is 0.889.